The van der Waals surface area contributed by atoms with Crippen LogP contribution in [0.5, 0.6) is 0 Å². The molecule has 2 rings (SSSR count). The molecule has 3 nitrogen and oxygen atoms in total. The first-order valence-electron chi connectivity index (χ1n) is 7.79. The lowest BCUT2D eigenvalue weighted by atomic mass is 9.81. The fraction of sp³-hybridized carbons (Fsp3) is 0.588. The van der Waals surface area contributed by atoms with Crippen LogP contribution < -0.4 is 5.32 Å². The average molecular weight is 329 g/mol. The number of rotatable bonds is 2. The van der Waals surface area contributed by atoms with Crippen LogP contribution in [0.4, 0.5) is 18.0 Å². The predicted molar refractivity (Wildman–Crippen MR) is 80.7 cm³/mol. The third-order valence-electron chi connectivity index (χ3n) is 3.87. The number of benzene rings is 1. The number of ether oxygens (including phenoxy) is 1. The van der Waals surface area contributed by atoms with Gasteiger partial charge >= 0.3 is 6.09 Å². The molecule has 1 aromatic carbocycles. The number of halogens is 3. The summed E-state index contributed by atoms with van der Waals surface area (Å²) in [5.41, 5.74) is -0.154. The van der Waals surface area contributed by atoms with Crippen molar-refractivity contribution < 1.29 is 22.7 Å². The largest absolute Gasteiger partial charge is 0.444 e. The number of hydrogen-bond donors (Lipinski definition) is 1. The summed E-state index contributed by atoms with van der Waals surface area (Å²) in [7, 11) is 0. The number of alkyl carbamates (subject to hydrolysis) is 1. The quantitative estimate of drug-likeness (QED) is 0.802. The molecular weight excluding hydrogens is 307 g/mol. The van der Waals surface area contributed by atoms with Crippen LogP contribution in [0.1, 0.15) is 57.9 Å². The van der Waals surface area contributed by atoms with Crippen molar-refractivity contribution >= 4 is 6.09 Å². The van der Waals surface area contributed by atoms with Gasteiger partial charge in [-0.3, -0.25) is 0 Å². The zero-order valence-electron chi connectivity index (χ0n) is 13.6. The summed E-state index contributed by atoms with van der Waals surface area (Å²) in [6.45, 7) is 5.33. The Kier molecular flexibility index (Phi) is 5.22. The lowest BCUT2D eigenvalue weighted by molar-refractivity contribution is 0.0490. The van der Waals surface area contributed by atoms with Gasteiger partial charge in [0.25, 0.3) is 0 Å². The smallest absolute Gasteiger partial charge is 0.407 e. The van der Waals surface area contributed by atoms with Crippen LogP contribution >= 0.6 is 0 Å². The van der Waals surface area contributed by atoms with E-state index in [-0.39, 0.29) is 12.0 Å². The van der Waals surface area contributed by atoms with E-state index in [9.17, 15) is 18.0 Å². The molecule has 0 bridgehead atoms. The normalized spacial score (nSPS) is 21.8. The summed E-state index contributed by atoms with van der Waals surface area (Å²) in [5.74, 6) is -3.93. The zero-order chi connectivity index (χ0) is 17.2. The van der Waals surface area contributed by atoms with Crippen molar-refractivity contribution in [3.05, 3.63) is 35.1 Å². The first kappa shape index (κ1) is 17.6. The molecule has 0 spiro atoms. The molecule has 0 radical (unpaired) electrons. The van der Waals surface area contributed by atoms with E-state index < -0.39 is 29.1 Å². The molecule has 0 unspecified atom stereocenters. The van der Waals surface area contributed by atoms with Gasteiger partial charge in [-0.25, -0.2) is 18.0 Å². The summed E-state index contributed by atoms with van der Waals surface area (Å²) in [5, 5.41) is 2.79. The maximum absolute atomic E-state index is 13.4. The third kappa shape index (κ3) is 4.88. The van der Waals surface area contributed by atoms with E-state index in [2.05, 4.69) is 5.32 Å². The second kappa shape index (κ2) is 6.81. The predicted octanol–water partition coefficient (Wildman–Crippen LogP) is 4.65. The third-order valence-corrected chi connectivity index (χ3v) is 3.87. The lowest BCUT2D eigenvalue weighted by Gasteiger charge is -2.31. The molecule has 1 aliphatic rings. The van der Waals surface area contributed by atoms with Crippen LogP contribution in [0, 0.1) is 17.5 Å². The SMILES string of the molecule is CC(C)(C)OC(=O)N[C@@H]1CCC[C@H](c2cc(F)c(F)c(F)c2)C1. The number of amides is 1. The van der Waals surface area contributed by atoms with Gasteiger partial charge in [0, 0.05) is 6.04 Å². The highest BCUT2D eigenvalue weighted by atomic mass is 19.2. The maximum atomic E-state index is 13.4. The van der Waals surface area contributed by atoms with Crippen molar-refractivity contribution in [3.63, 3.8) is 0 Å². The van der Waals surface area contributed by atoms with Crippen molar-refractivity contribution in [1.29, 1.82) is 0 Å². The molecule has 1 aliphatic carbocycles. The Balaban J connectivity index is 2.02. The van der Waals surface area contributed by atoms with Gasteiger partial charge in [-0.2, -0.15) is 0 Å². The van der Waals surface area contributed by atoms with Gasteiger partial charge in [-0.15, -0.1) is 0 Å². The van der Waals surface area contributed by atoms with Gasteiger partial charge in [0.15, 0.2) is 17.5 Å². The van der Waals surface area contributed by atoms with Gasteiger partial charge in [0.05, 0.1) is 0 Å². The van der Waals surface area contributed by atoms with Crippen LogP contribution in [0.2, 0.25) is 0 Å². The fourth-order valence-corrected chi connectivity index (χ4v) is 2.91. The first-order valence-corrected chi connectivity index (χ1v) is 7.79. The molecule has 1 aromatic rings. The summed E-state index contributed by atoms with van der Waals surface area (Å²) in [4.78, 5) is 11.8. The topological polar surface area (TPSA) is 38.3 Å². The van der Waals surface area contributed by atoms with Gasteiger partial charge in [0.2, 0.25) is 0 Å². The maximum Gasteiger partial charge on any atom is 0.407 e. The van der Waals surface area contributed by atoms with E-state index >= 15 is 0 Å². The van der Waals surface area contributed by atoms with Crippen LogP contribution in [-0.4, -0.2) is 17.7 Å². The molecule has 0 aromatic heterocycles. The van der Waals surface area contributed by atoms with E-state index in [0.29, 0.717) is 12.0 Å². The molecule has 1 fully saturated rings. The molecule has 6 heteroatoms. The molecule has 128 valence electrons. The highest BCUT2D eigenvalue weighted by molar-refractivity contribution is 5.68. The van der Waals surface area contributed by atoms with Crippen LogP contribution in [0.3, 0.4) is 0 Å². The van der Waals surface area contributed by atoms with Crippen molar-refractivity contribution in [2.75, 3.05) is 0 Å². The van der Waals surface area contributed by atoms with Crippen molar-refractivity contribution in [3.8, 4) is 0 Å². The summed E-state index contributed by atoms with van der Waals surface area (Å²) < 4.78 is 45.0. The second-order valence-electron chi connectivity index (χ2n) is 7.01. The molecule has 0 saturated heterocycles. The van der Waals surface area contributed by atoms with E-state index in [4.69, 9.17) is 4.74 Å². The van der Waals surface area contributed by atoms with E-state index in [0.717, 1.165) is 31.4 Å². The monoisotopic (exact) mass is 329 g/mol. The Labute approximate surface area is 134 Å². The first-order chi connectivity index (χ1) is 10.7. The van der Waals surface area contributed by atoms with Gasteiger partial charge in [-0.05, 0) is 63.6 Å². The standard InChI is InChI=1S/C17H22F3NO2/c1-17(2,3)23-16(22)21-12-6-4-5-10(7-12)11-8-13(18)15(20)14(19)9-11/h8-10,12H,4-7H2,1-3H3,(H,21,22)/t10-,12+/m0/s1. The van der Waals surface area contributed by atoms with Crippen molar-refractivity contribution in [2.45, 2.75) is 64.0 Å². The Bertz CT molecular complexity index is 561. The number of hydrogen-bond acceptors (Lipinski definition) is 2. The molecule has 1 N–H and O–H groups in total. The highest BCUT2D eigenvalue weighted by Gasteiger charge is 2.27. The Morgan fingerprint density at radius 3 is 2.35 bits per heavy atom. The lowest BCUT2D eigenvalue weighted by Crippen LogP contribution is -2.41. The van der Waals surface area contributed by atoms with Crippen LogP contribution in [0.25, 0.3) is 0 Å². The number of nitrogens with one attached hydrogen (secondary N) is 1. The molecule has 1 saturated carbocycles. The van der Waals surface area contributed by atoms with E-state index in [1.54, 1.807) is 20.8 Å². The zero-order valence-corrected chi connectivity index (χ0v) is 13.6. The second-order valence-corrected chi connectivity index (χ2v) is 7.01. The molecule has 0 heterocycles. The summed E-state index contributed by atoms with van der Waals surface area (Å²) >= 11 is 0. The van der Waals surface area contributed by atoms with Crippen molar-refractivity contribution in [2.24, 2.45) is 0 Å². The van der Waals surface area contributed by atoms with E-state index in [1.165, 1.54) is 0 Å². The minimum atomic E-state index is -1.45. The molecule has 1 amide bonds. The van der Waals surface area contributed by atoms with Crippen LogP contribution in [-0.2, 0) is 4.74 Å². The molecule has 23 heavy (non-hydrogen) atoms. The Morgan fingerprint density at radius 1 is 1.17 bits per heavy atom. The summed E-state index contributed by atoms with van der Waals surface area (Å²) in [6, 6.07) is 1.96. The highest BCUT2D eigenvalue weighted by Crippen LogP contribution is 2.34. The van der Waals surface area contributed by atoms with Gasteiger partial charge < -0.3 is 10.1 Å². The summed E-state index contributed by atoms with van der Waals surface area (Å²) in [6.07, 6.45) is 2.38. The van der Waals surface area contributed by atoms with Crippen LogP contribution in [0.15, 0.2) is 12.1 Å². The average Bonchev–Trinajstić information content (AvgIpc) is 2.42. The Morgan fingerprint density at radius 2 is 1.78 bits per heavy atom. The number of carbonyl (C=O) groups excluding carboxylic acids is 1. The molecular formula is C17H22F3NO2. The van der Waals surface area contributed by atoms with Gasteiger partial charge in [0.1, 0.15) is 5.60 Å². The Hall–Kier alpha value is -1.72. The van der Waals surface area contributed by atoms with Crippen molar-refractivity contribution in [1.82, 2.24) is 5.32 Å². The van der Waals surface area contributed by atoms with Gasteiger partial charge in [-0.1, -0.05) is 6.42 Å². The van der Waals surface area contributed by atoms with E-state index in [1.807, 2.05) is 0 Å². The fourth-order valence-electron chi connectivity index (χ4n) is 2.91. The number of carbonyl (C=O) groups is 1. The minimum absolute atomic E-state index is 0.117. The molecule has 2 atom stereocenters. The molecule has 0 aliphatic heterocycles. The minimum Gasteiger partial charge on any atom is -0.444 e.